The minimum absolute atomic E-state index is 0.0423. The molecular weight excluding hydrogens is 268 g/mol. The lowest BCUT2D eigenvalue weighted by Crippen LogP contribution is -2.44. The zero-order chi connectivity index (χ0) is 14.3. The Morgan fingerprint density at radius 1 is 1.63 bits per heavy atom. The normalized spacial score (nSPS) is 13.1. The molecule has 1 aromatic rings. The van der Waals surface area contributed by atoms with Crippen LogP contribution in [-0.2, 0) is 4.79 Å². The highest BCUT2D eigenvalue weighted by Crippen LogP contribution is 2.13. The average Bonchev–Trinajstić information content (AvgIpc) is 2.88. The zero-order valence-electron chi connectivity index (χ0n) is 11.3. The molecule has 3 N–H and O–H groups in total. The van der Waals surface area contributed by atoms with E-state index >= 15 is 0 Å². The molecule has 1 heterocycles. The second kappa shape index (κ2) is 7.37. The molecule has 0 aliphatic carbocycles. The van der Waals surface area contributed by atoms with Gasteiger partial charge in [-0.3, -0.25) is 4.79 Å². The minimum Gasteiger partial charge on any atom is -0.473 e. The van der Waals surface area contributed by atoms with E-state index in [4.69, 9.17) is 4.74 Å². The summed E-state index contributed by atoms with van der Waals surface area (Å²) in [6.45, 7) is 4.63. The maximum Gasteiger partial charge on any atom is 0.245 e. The van der Waals surface area contributed by atoms with Crippen molar-refractivity contribution in [1.82, 2.24) is 19.4 Å². The maximum atomic E-state index is 11.5. The summed E-state index contributed by atoms with van der Waals surface area (Å²) in [5.74, 6) is 0.369. The van der Waals surface area contributed by atoms with Crippen LogP contribution in [0.4, 0.5) is 0 Å². The van der Waals surface area contributed by atoms with Gasteiger partial charge in [0.25, 0.3) is 0 Å². The van der Waals surface area contributed by atoms with E-state index in [1.54, 1.807) is 7.05 Å². The largest absolute Gasteiger partial charge is 0.473 e. The average molecular weight is 288 g/mol. The number of carbonyl (C=O) groups excluding carboxylic acids is 1. The second-order valence-corrected chi connectivity index (χ2v) is 5.36. The van der Waals surface area contributed by atoms with Crippen LogP contribution in [0, 0.1) is 5.41 Å². The van der Waals surface area contributed by atoms with Crippen LogP contribution < -0.4 is 15.4 Å². The number of nitrogens with zero attached hydrogens (tertiary/aromatic N) is 2. The number of aromatic nitrogens is 2. The molecule has 0 saturated carbocycles. The Morgan fingerprint density at radius 3 is 2.95 bits per heavy atom. The van der Waals surface area contributed by atoms with E-state index in [0.717, 1.165) is 11.7 Å². The summed E-state index contributed by atoms with van der Waals surface area (Å²) in [6.07, 6.45) is 0.835. The van der Waals surface area contributed by atoms with Gasteiger partial charge in [0.05, 0.1) is 17.1 Å². The number of aliphatic hydroxyl groups is 1. The first-order valence-electron chi connectivity index (χ1n) is 5.97. The molecule has 1 aromatic heterocycles. The van der Waals surface area contributed by atoms with Gasteiger partial charge in [0, 0.05) is 20.1 Å². The number of ether oxygens (including phenoxy) is 1. The molecule has 1 rings (SSSR count). The molecular formula is C11H20N4O3S. The van der Waals surface area contributed by atoms with E-state index in [9.17, 15) is 9.90 Å². The van der Waals surface area contributed by atoms with Crippen LogP contribution in [0.1, 0.15) is 13.8 Å². The van der Waals surface area contributed by atoms with Crippen molar-refractivity contribution in [2.75, 3.05) is 26.7 Å². The molecule has 0 bridgehead atoms. The molecule has 0 aromatic carbocycles. The van der Waals surface area contributed by atoms with Gasteiger partial charge in [-0.25, -0.2) is 0 Å². The van der Waals surface area contributed by atoms with E-state index in [1.807, 2.05) is 13.8 Å². The molecule has 0 radical (unpaired) electrons. The zero-order valence-corrected chi connectivity index (χ0v) is 12.2. The molecule has 0 spiro atoms. The molecule has 0 fully saturated rings. The van der Waals surface area contributed by atoms with Crippen molar-refractivity contribution >= 4 is 17.6 Å². The van der Waals surface area contributed by atoms with E-state index in [1.165, 1.54) is 6.20 Å². The molecule has 19 heavy (non-hydrogen) atoms. The van der Waals surface area contributed by atoms with Crippen LogP contribution in [0.2, 0.25) is 0 Å². The number of aliphatic hydroxyl groups excluding tert-OH is 1. The fourth-order valence-electron chi connectivity index (χ4n) is 1.43. The molecule has 1 unspecified atom stereocenters. The van der Waals surface area contributed by atoms with Crippen molar-refractivity contribution in [3.05, 3.63) is 6.20 Å². The predicted octanol–water partition coefficient (Wildman–Crippen LogP) is -0.360. The lowest BCUT2D eigenvalue weighted by Gasteiger charge is -2.23. The number of hydrogen-bond acceptors (Lipinski definition) is 7. The Labute approximate surface area is 116 Å². The van der Waals surface area contributed by atoms with Crippen LogP contribution in [0.5, 0.6) is 5.88 Å². The molecule has 1 atom stereocenters. The van der Waals surface area contributed by atoms with Gasteiger partial charge in [-0.05, 0) is 13.8 Å². The van der Waals surface area contributed by atoms with Gasteiger partial charge < -0.3 is 20.5 Å². The first-order chi connectivity index (χ1) is 8.95. The summed E-state index contributed by atoms with van der Waals surface area (Å²) in [4.78, 5) is 11.5. The van der Waals surface area contributed by atoms with Crippen LogP contribution in [-0.4, -0.2) is 52.6 Å². The second-order valence-electron chi connectivity index (χ2n) is 4.80. The smallest absolute Gasteiger partial charge is 0.245 e. The maximum absolute atomic E-state index is 11.5. The highest BCUT2D eigenvalue weighted by molar-refractivity contribution is 6.99. The Hall–Kier alpha value is -1.25. The van der Waals surface area contributed by atoms with Crippen molar-refractivity contribution in [2.45, 2.75) is 20.0 Å². The third kappa shape index (κ3) is 5.50. The molecule has 0 aliphatic rings. The van der Waals surface area contributed by atoms with Gasteiger partial charge >= 0.3 is 0 Å². The summed E-state index contributed by atoms with van der Waals surface area (Å²) >= 11 is 1.05. The van der Waals surface area contributed by atoms with E-state index < -0.39 is 11.5 Å². The lowest BCUT2D eigenvalue weighted by atomic mass is 9.92. The number of amides is 1. The molecule has 8 heteroatoms. The summed E-state index contributed by atoms with van der Waals surface area (Å²) in [7, 11) is 1.61. The number of rotatable bonds is 8. The van der Waals surface area contributed by atoms with Crippen molar-refractivity contribution in [3.8, 4) is 5.88 Å². The number of hydrogen-bond donors (Lipinski definition) is 3. The quantitative estimate of drug-likeness (QED) is 0.604. The standard InChI is InChI=1S/C11H20N4O3S/c1-11(2,10(17)12-3)7-13-4-8(16)6-18-9-5-14-19-15-9/h5,8,13,16H,4,6-7H2,1-3H3,(H,12,17). The first-order valence-corrected chi connectivity index (χ1v) is 6.70. The Balaban J connectivity index is 2.19. The van der Waals surface area contributed by atoms with Crippen LogP contribution >= 0.6 is 11.7 Å². The van der Waals surface area contributed by atoms with Gasteiger partial charge in [0.2, 0.25) is 11.8 Å². The summed E-state index contributed by atoms with van der Waals surface area (Å²) in [6, 6.07) is 0. The topological polar surface area (TPSA) is 96.4 Å². The monoisotopic (exact) mass is 288 g/mol. The Bertz CT molecular complexity index is 383. The summed E-state index contributed by atoms with van der Waals surface area (Å²) < 4.78 is 12.9. The number of carbonyl (C=O) groups is 1. The summed E-state index contributed by atoms with van der Waals surface area (Å²) in [5, 5.41) is 15.4. The number of nitrogens with one attached hydrogen (secondary N) is 2. The highest BCUT2D eigenvalue weighted by Gasteiger charge is 2.26. The van der Waals surface area contributed by atoms with Crippen molar-refractivity contribution in [2.24, 2.45) is 5.41 Å². The van der Waals surface area contributed by atoms with E-state index in [-0.39, 0.29) is 12.5 Å². The van der Waals surface area contributed by atoms with Crippen LogP contribution in [0.25, 0.3) is 0 Å². The fourth-order valence-corrected chi connectivity index (χ4v) is 1.79. The first kappa shape index (κ1) is 15.8. The SMILES string of the molecule is CNC(=O)C(C)(C)CNCC(O)COc1cnsn1. The Kier molecular flexibility index (Phi) is 6.13. The fraction of sp³-hybridized carbons (Fsp3) is 0.727. The van der Waals surface area contributed by atoms with Crippen LogP contribution in [0.15, 0.2) is 6.20 Å². The van der Waals surface area contributed by atoms with E-state index in [2.05, 4.69) is 19.4 Å². The van der Waals surface area contributed by atoms with Crippen molar-refractivity contribution in [3.63, 3.8) is 0 Å². The van der Waals surface area contributed by atoms with Gasteiger partial charge in [-0.2, -0.15) is 4.37 Å². The van der Waals surface area contributed by atoms with Crippen LogP contribution in [0.3, 0.4) is 0 Å². The predicted molar refractivity (Wildman–Crippen MR) is 72.1 cm³/mol. The van der Waals surface area contributed by atoms with Crippen molar-refractivity contribution in [1.29, 1.82) is 0 Å². The molecule has 108 valence electrons. The van der Waals surface area contributed by atoms with Gasteiger partial charge in [-0.15, -0.1) is 4.37 Å². The molecule has 1 amide bonds. The third-order valence-corrected chi connectivity index (χ3v) is 3.01. The highest BCUT2D eigenvalue weighted by atomic mass is 32.1. The van der Waals surface area contributed by atoms with Crippen molar-refractivity contribution < 1.29 is 14.6 Å². The molecule has 0 saturated heterocycles. The summed E-state index contributed by atoms with van der Waals surface area (Å²) in [5.41, 5.74) is -0.520. The molecule has 0 aliphatic heterocycles. The third-order valence-electron chi connectivity index (χ3n) is 2.55. The van der Waals surface area contributed by atoms with E-state index in [0.29, 0.717) is 19.0 Å². The Morgan fingerprint density at radius 2 is 2.37 bits per heavy atom. The minimum atomic E-state index is -0.665. The van der Waals surface area contributed by atoms with Gasteiger partial charge in [-0.1, -0.05) is 0 Å². The molecule has 7 nitrogen and oxygen atoms in total. The van der Waals surface area contributed by atoms with Gasteiger partial charge in [0.15, 0.2) is 0 Å². The lowest BCUT2D eigenvalue weighted by molar-refractivity contribution is -0.128. The van der Waals surface area contributed by atoms with Gasteiger partial charge in [0.1, 0.15) is 18.9 Å².